The molecule has 0 saturated carbocycles. The Balaban J connectivity index is 2.22. The lowest BCUT2D eigenvalue weighted by atomic mass is 10.0. The van der Waals surface area contributed by atoms with Crippen LogP contribution in [0.15, 0.2) is 47.5 Å². The number of aliphatic hydroxyl groups excluding tert-OH is 1. The minimum atomic E-state index is -1.53. The number of benzene rings is 1. The predicted molar refractivity (Wildman–Crippen MR) is 80.7 cm³/mol. The zero-order valence-corrected chi connectivity index (χ0v) is 11.8. The van der Waals surface area contributed by atoms with E-state index in [2.05, 4.69) is 0 Å². The van der Waals surface area contributed by atoms with Crippen molar-refractivity contribution in [3.63, 3.8) is 0 Å². The van der Waals surface area contributed by atoms with E-state index in [1.807, 2.05) is 12.1 Å². The van der Waals surface area contributed by atoms with Gasteiger partial charge in [0, 0.05) is 11.8 Å². The zero-order valence-electron chi connectivity index (χ0n) is 10.9. The van der Waals surface area contributed by atoms with Gasteiger partial charge in [0.05, 0.1) is 4.88 Å². The second-order valence-electron chi connectivity index (χ2n) is 4.39. The third-order valence-corrected chi connectivity index (χ3v) is 3.80. The van der Waals surface area contributed by atoms with Crippen molar-refractivity contribution < 1.29 is 19.8 Å². The molecule has 1 aromatic carbocycles. The van der Waals surface area contributed by atoms with Crippen molar-refractivity contribution in [2.75, 3.05) is 5.73 Å². The van der Waals surface area contributed by atoms with Gasteiger partial charge in [-0.25, -0.2) is 4.79 Å². The van der Waals surface area contributed by atoms with Crippen LogP contribution in [0.3, 0.4) is 0 Å². The first-order valence-electron chi connectivity index (χ1n) is 6.06. The molecule has 108 valence electrons. The SMILES string of the molecule is Nc1ccc(Cc2ccsc2C(=O)C=C(O)C(=O)O)cc1. The number of hydrogen-bond donors (Lipinski definition) is 3. The fourth-order valence-corrected chi connectivity index (χ4v) is 2.63. The van der Waals surface area contributed by atoms with Gasteiger partial charge in [0.1, 0.15) is 0 Å². The van der Waals surface area contributed by atoms with E-state index in [-0.39, 0.29) is 0 Å². The van der Waals surface area contributed by atoms with E-state index in [1.165, 1.54) is 11.3 Å². The van der Waals surface area contributed by atoms with E-state index in [0.29, 0.717) is 17.0 Å². The number of anilines is 1. The summed E-state index contributed by atoms with van der Waals surface area (Å²) in [6.07, 6.45) is 1.26. The van der Waals surface area contributed by atoms with E-state index in [1.54, 1.807) is 23.6 Å². The number of carboxylic acid groups (broad SMARTS) is 1. The third-order valence-electron chi connectivity index (χ3n) is 2.83. The van der Waals surface area contributed by atoms with Crippen molar-refractivity contribution in [2.45, 2.75) is 6.42 Å². The molecule has 0 unspecified atom stereocenters. The third kappa shape index (κ3) is 3.70. The molecule has 0 amide bonds. The van der Waals surface area contributed by atoms with Gasteiger partial charge < -0.3 is 15.9 Å². The Kier molecular flexibility index (Phi) is 4.39. The standard InChI is InChI=1S/C15H13NO4S/c16-11-3-1-9(2-4-11)7-10-5-6-21-14(10)12(17)8-13(18)15(19)20/h1-6,8,18H,7,16H2,(H,19,20). The van der Waals surface area contributed by atoms with Gasteiger partial charge in [0.15, 0.2) is 5.78 Å². The van der Waals surface area contributed by atoms with Crippen molar-refractivity contribution in [3.05, 3.63) is 63.6 Å². The minimum absolute atomic E-state index is 0.416. The normalized spacial score (nSPS) is 11.3. The molecule has 6 heteroatoms. The molecule has 0 saturated heterocycles. The molecule has 0 aliphatic heterocycles. The molecule has 2 rings (SSSR count). The number of nitrogen functional groups attached to an aromatic ring is 1. The van der Waals surface area contributed by atoms with E-state index < -0.39 is 17.5 Å². The van der Waals surface area contributed by atoms with Crippen LogP contribution in [0.1, 0.15) is 20.8 Å². The van der Waals surface area contributed by atoms with E-state index in [9.17, 15) is 9.59 Å². The van der Waals surface area contributed by atoms with Gasteiger partial charge >= 0.3 is 5.97 Å². The van der Waals surface area contributed by atoms with Crippen molar-refractivity contribution in [3.8, 4) is 0 Å². The fraction of sp³-hybridized carbons (Fsp3) is 0.0667. The largest absolute Gasteiger partial charge is 0.502 e. The average Bonchev–Trinajstić information content (AvgIpc) is 2.89. The summed E-state index contributed by atoms with van der Waals surface area (Å²) in [5.41, 5.74) is 8.05. The number of hydrogen-bond acceptors (Lipinski definition) is 5. The highest BCUT2D eigenvalue weighted by molar-refractivity contribution is 7.12. The van der Waals surface area contributed by atoms with Crippen LogP contribution in [0.25, 0.3) is 0 Å². The molecule has 0 atom stereocenters. The molecular weight excluding hydrogens is 290 g/mol. The second kappa shape index (κ2) is 6.23. The first kappa shape index (κ1) is 14.8. The summed E-state index contributed by atoms with van der Waals surface area (Å²) in [5.74, 6) is -3.01. The Hall–Kier alpha value is -2.60. The number of aliphatic carboxylic acids is 1. The molecule has 0 bridgehead atoms. The molecule has 0 aliphatic rings. The maximum atomic E-state index is 12.0. The molecule has 4 N–H and O–H groups in total. The van der Waals surface area contributed by atoms with Crippen LogP contribution in [-0.2, 0) is 11.2 Å². The van der Waals surface area contributed by atoms with Crippen molar-refractivity contribution in [1.29, 1.82) is 0 Å². The second-order valence-corrected chi connectivity index (χ2v) is 5.31. The highest BCUT2D eigenvalue weighted by atomic mass is 32.1. The number of rotatable bonds is 5. The molecule has 1 aromatic heterocycles. The quantitative estimate of drug-likeness (QED) is 0.341. The Morgan fingerprint density at radius 2 is 1.81 bits per heavy atom. The van der Waals surface area contributed by atoms with E-state index >= 15 is 0 Å². The van der Waals surface area contributed by atoms with Crippen molar-refractivity contribution >= 4 is 28.8 Å². The maximum Gasteiger partial charge on any atom is 0.371 e. The molecule has 0 radical (unpaired) electrons. The fourth-order valence-electron chi connectivity index (χ4n) is 1.80. The van der Waals surface area contributed by atoms with Gasteiger partial charge in [0.2, 0.25) is 5.76 Å². The molecule has 5 nitrogen and oxygen atoms in total. The number of aliphatic hydroxyl groups is 1. The van der Waals surface area contributed by atoms with Crippen molar-refractivity contribution in [1.82, 2.24) is 0 Å². The summed E-state index contributed by atoms with van der Waals surface area (Å²) in [6.45, 7) is 0. The van der Waals surface area contributed by atoms with Crippen LogP contribution < -0.4 is 5.73 Å². The number of allylic oxidation sites excluding steroid dienone is 1. The van der Waals surface area contributed by atoms with Gasteiger partial charge in [-0.1, -0.05) is 12.1 Å². The zero-order chi connectivity index (χ0) is 15.4. The van der Waals surface area contributed by atoms with Crippen LogP contribution in [0.2, 0.25) is 0 Å². The number of thiophene rings is 1. The summed E-state index contributed by atoms with van der Waals surface area (Å²) >= 11 is 1.21. The summed E-state index contributed by atoms with van der Waals surface area (Å²) in [5, 5.41) is 19.5. The Morgan fingerprint density at radius 1 is 1.14 bits per heavy atom. The smallest absolute Gasteiger partial charge is 0.371 e. The van der Waals surface area contributed by atoms with Gasteiger partial charge in [-0.3, -0.25) is 4.79 Å². The van der Waals surface area contributed by atoms with Gasteiger partial charge in [0.25, 0.3) is 0 Å². The molecule has 0 aliphatic carbocycles. The van der Waals surface area contributed by atoms with Crippen molar-refractivity contribution in [2.24, 2.45) is 0 Å². The van der Waals surface area contributed by atoms with Crippen LogP contribution in [0.4, 0.5) is 5.69 Å². The van der Waals surface area contributed by atoms with Crippen LogP contribution in [-0.4, -0.2) is 22.0 Å². The summed E-state index contributed by atoms with van der Waals surface area (Å²) in [6, 6.07) is 9.09. The number of ketones is 1. The lowest BCUT2D eigenvalue weighted by molar-refractivity contribution is -0.135. The highest BCUT2D eigenvalue weighted by Crippen LogP contribution is 2.22. The summed E-state index contributed by atoms with van der Waals surface area (Å²) in [7, 11) is 0. The molecular formula is C15H13NO4S. The predicted octanol–water partition coefficient (Wildman–Crippen LogP) is 2.63. The number of carbonyl (C=O) groups is 2. The van der Waals surface area contributed by atoms with Gasteiger partial charge in [-0.2, -0.15) is 0 Å². The lowest BCUT2D eigenvalue weighted by Crippen LogP contribution is -2.04. The average molecular weight is 303 g/mol. The van der Waals surface area contributed by atoms with Gasteiger partial charge in [-0.15, -0.1) is 11.3 Å². The Labute approximate surface area is 125 Å². The highest BCUT2D eigenvalue weighted by Gasteiger charge is 2.14. The van der Waals surface area contributed by atoms with Crippen LogP contribution >= 0.6 is 11.3 Å². The maximum absolute atomic E-state index is 12.0. The number of carbonyl (C=O) groups excluding carboxylic acids is 1. The lowest BCUT2D eigenvalue weighted by Gasteiger charge is -2.03. The first-order chi connectivity index (χ1) is 9.97. The van der Waals surface area contributed by atoms with Crippen LogP contribution in [0, 0.1) is 0 Å². The molecule has 21 heavy (non-hydrogen) atoms. The van der Waals surface area contributed by atoms with Crippen LogP contribution in [0.5, 0.6) is 0 Å². The van der Waals surface area contributed by atoms with E-state index in [0.717, 1.165) is 17.2 Å². The Bertz CT molecular complexity index is 701. The summed E-state index contributed by atoms with van der Waals surface area (Å²) in [4.78, 5) is 22.9. The monoisotopic (exact) mass is 303 g/mol. The molecule has 1 heterocycles. The number of carboxylic acids is 1. The summed E-state index contributed by atoms with van der Waals surface area (Å²) < 4.78 is 0. The molecule has 2 aromatic rings. The molecule has 0 spiro atoms. The Morgan fingerprint density at radius 3 is 2.43 bits per heavy atom. The molecule has 0 fully saturated rings. The topological polar surface area (TPSA) is 101 Å². The van der Waals surface area contributed by atoms with Gasteiger partial charge in [-0.05, 0) is 41.1 Å². The van der Waals surface area contributed by atoms with E-state index in [4.69, 9.17) is 15.9 Å². The minimum Gasteiger partial charge on any atom is -0.502 e. The first-order valence-corrected chi connectivity index (χ1v) is 6.94. The number of nitrogens with two attached hydrogens (primary N) is 1.